The summed E-state index contributed by atoms with van der Waals surface area (Å²) in [4.78, 5) is 24.4. The molecule has 6 nitrogen and oxygen atoms in total. The Balaban J connectivity index is 1.52. The molecule has 0 radical (unpaired) electrons. The highest BCUT2D eigenvalue weighted by atomic mass is 16.5. The van der Waals surface area contributed by atoms with Gasteiger partial charge in [-0.3, -0.25) is 9.59 Å². The number of rotatable bonds is 8. The molecule has 1 atom stereocenters. The largest absolute Gasteiger partial charge is 0.484 e. The third-order valence-corrected chi connectivity index (χ3v) is 4.69. The van der Waals surface area contributed by atoms with Gasteiger partial charge in [0.15, 0.2) is 6.61 Å². The highest BCUT2D eigenvalue weighted by molar-refractivity contribution is 5.95. The maximum atomic E-state index is 11.8. The quantitative estimate of drug-likeness (QED) is 0.751. The number of carbonyl (C=O) groups is 2. The summed E-state index contributed by atoms with van der Waals surface area (Å²) in [6.45, 7) is 3.52. The van der Waals surface area contributed by atoms with Gasteiger partial charge in [0.25, 0.3) is 5.91 Å². The van der Waals surface area contributed by atoms with Crippen molar-refractivity contribution in [1.82, 2.24) is 5.32 Å². The van der Waals surface area contributed by atoms with Crippen LogP contribution in [0.5, 0.6) is 5.75 Å². The number of nitrogens with zero attached hydrogens (tertiary/aromatic N) is 1. The summed E-state index contributed by atoms with van der Waals surface area (Å²) in [5.41, 5.74) is 8.33. The van der Waals surface area contributed by atoms with E-state index < -0.39 is 5.91 Å². The lowest BCUT2D eigenvalue weighted by Gasteiger charge is -2.18. The van der Waals surface area contributed by atoms with Crippen LogP contribution in [-0.4, -0.2) is 25.0 Å². The minimum absolute atomic E-state index is 0.117. The number of amides is 2. The van der Waals surface area contributed by atoms with E-state index in [1.54, 1.807) is 0 Å². The number of anilines is 1. The number of hydrogen-bond acceptors (Lipinski definition) is 4. The van der Waals surface area contributed by atoms with Crippen molar-refractivity contribution in [3.05, 3.63) is 59.7 Å². The number of benzene rings is 2. The summed E-state index contributed by atoms with van der Waals surface area (Å²) < 4.78 is 5.26. The van der Waals surface area contributed by atoms with Crippen molar-refractivity contribution in [2.45, 2.75) is 32.4 Å². The monoisotopic (exact) mass is 367 g/mol. The van der Waals surface area contributed by atoms with Crippen LogP contribution in [0.1, 0.15) is 36.9 Å². The maximum absolute atomic E-state index is 11.8. The number of hydrogen-bond donors (Lipinski definition) is 2. The van der Waals surface area contributed by atoms with Gasteiger partial charge in [-0.25, -0.2) is 0 Å². The van der Waals surface area contributed by atoms with Crippen LogP contribution < -0.4 is 20.7 Å². The van der Waals surface area contributed by atoms with Crippen LogP contribution in [0.3, 0.4) is 0 Å². The van der Waals surface area contributed by atoms with Crippen LogP contribution in [0, 0.1) is 0 Å². The molecular formula is C21H25N3O3. The van der Waals surface area contributed by atoms with Crippen molar-refractivity contribution in [1.29, 1.82) is 0 Å². The highest BCUT2D eigenvalue weighted by Crippen LogP contribution is 2.23. The first-order valence-electron chi connectivity index (χ1n) is 9.16. The zero-order chi connectivity index (χ0) is 19.2. The summed E-state index contributed by atoms with van der Waals surface area (Å²) in [6.07, 6.45) is 1.58. The number of carbonyl (C=O) groups excluding carboxylic acids is 2. The van der Waals surface area contributed by atoms with Crippen molar-refractivity contribution in [3.8, 4) is 5.75 Å². The molecule has 2 aromatic carbocycles. The molecule has 0 bridgehead atoms. The molecule has 1 aliphatic heterocycles. The van der Waals surface area contributed by atoms with E-state index in [2.05, 4.69) is 24.4 Å². The minimum atomic E-state index is -0.491. The molecule has 0 aromatic heterocycles. The Morgan fingerprint density at radius 3 is 2.48 bits per heavy atom. The molecule has 1 aliphatic rings. The van der Waals surface area contributed by atoms with Gasteiger partial charge in [-0.15, -0.1) is 0 Å². The van der Waals surface area contributed by atoms with Crippen LogP contribution in [0.15, 0.2) is 48.5 Å². The van der Waals surface area contributed by atoms with E-state index in [1.165, 1.54) is 5.56 Å². The average molecular weight is 367 g/mol. The van der Waals surface area contributed by atoms with Gasteiger partial charge < -0.3 is 20.7 Å². The molecule has 0 spiro atoms. The normalized spacial score (nSPS) is 15.0. The van der Waals surface area contributed by atoms with Gasteiger partial charge >= 0.3 is 0 Å². The van der Waals surface area contributed by atoms with E-state index in [1.807, 2.05) is 41.3 Å². The summed E-state index contributed by atoms with van der Waals surface area (Å²) in [5, 5.41) is 3.49. The summed E-state index contributed by atoms with van der Waals surface area (Å²) in [6, 6.07) is 15.9. The van der Waals surface area contributed by atoms with Crippen LogP contribution in [0.25, 0.3) is 0 Å². The zero-order valence-electron chi connectivity index (χ0n) is 15.5. The Morgan fingerprint density at radius 1 is 1.19 bits per heavy atom. The third kappa shape index (κ3) is 5.08. The molecule has 1 unspecified atom stereocenters. The molecule has 1 saturated heterocycles. The second kappa shape index (κ2) is 8.68. The molecule has 1 heterocycles. The van der Waals surface area contributed by atoms with Crippen molar-refractivity contribution in [2.75, 3.05) is 18.1 Å². The predicted molar refractivity (Wildman–Crippen MR) is 104 cm³/mol. The molecule has 27 heavy (non-hydrogen) atoms. The average Bonchev–Trinajstić information content (AvgIpc) is 3.11. The smallest absolute Gasteiger partial charge is 0.255 e. The minimum Gasteiger partial charge on any atom is -0.484 e. The first kappa shape index (κ1) is 18.9. The SMILES string of the molecule is CC(NCc1ccc(OCC(N)=O)cc1)c1ccc(N2CCCC2=O)cc1. The molecule has 0 saturated carbocycles. The number of nitrogens with two attached hydrogens (primary N) is 1. The van der Waals surface area contributed by atoms with E-state index in [4.69, 9.17) is 10.5 Å². The number of primary amides is 1. The van der Waals surface area contributed by atoms with Crippen molar-refractivity contribution >= 4 is 17.5 Å². The van der Waals surface area contributed by atoms with Gasteiger partial charge in [-0.2, -0.15) is 0 Å². The van der Waals surface area contributed by atoms with Gasteiger partial charge in [0.2, 0.25) is 5.91 Å². The maximum Gasteiger partial charge on any atom is 0.255 e. The Bertz CT molecular complexity index is 787. The molecule has 1 fully saturated rings. The fraction of sp³-hybridized carbons (Fsp3) is 0.333. The fourth-order valence-electron chi connectivity index (χ4n) is 3.11. The molecule has 142 valence electrons. The van der Waals surface area contributed by atoms with Gasteiger partial charge in [0, 0.05) is 31.2 Å². The third-order valence-electron chi connectivity index (χ3n) is 4.69. The van der Waals surface area contributed by atoms with Crippen LogP contribution in [0.4, 0.5) is 5.69 Å². The Kier molecular flexibility index (Phi) is 6.08. The van der Waals surface area contributed by atoms with E-state index in [9.17, 15) is 9.59 Å². The summed E-state index contributed by atoms with van der Waals surface area (Å²) in [5.74, 6) is 0.338. The highest BCUT2D eigenvalue weighted by Gasteiger charge is 2.21. The Hall–Kier alpha value is -2.86. The Morgan fingerprint density at radius 2 is 1.89 bits per heavy atom. The van der Waals surface area contributed by atoms with Crippen LogP contribution in [-0.2, 0) is 16.1 Å². The fourth-order valence-corrected chi connectivity index (χ4v) is 3.11. The topological polar surface area (TPSA) is 84.7 Å². The lowest BCUT2D eigenvalue weighted by molar-refractivity contribution is -0.120. The van der Waals surface area contributed by atoms with Crippen molar-refractivity contribution < 1.29 is 14.3 Å². The molecule has 3 N–H and O–H groups in total. The molecule has 2 amide bonds. The first-order chi connectivity index (χ1) is 13.0. The van der Waals surface area contributed by atoms with Crippen LogP contribution >= 0.6 is 0 Å². The van der Waals surface area contributed by atoms with Gasteiger partial charge in [-0.05, 0) is 48.7 Å². The van der Waals surface area contributed by atoms with E-state index in [-0.39, 0.29) is 18.6 Å². The van der Waals surface area contributed by atoms with E-state index in [0.29, 0.717) is 18.7 Å². The Labute approximate surface area is 159 Å². The molecule has 0 aliphatic carbocycles. The predicted octanol–water partition coefficient (Wildman–Crippen LogP) is 2.53. The molecule has 2 aromatic rings. The van der Waals surface area contributed by atoms with Gasteiger partial charge in [0.05, 0.1) is 0 Å². The number of ether oxygens (including phenoxy) is 1. The second-order valence-electron chi connectivity index (χ2n) is 6.74. The lowest BCUT2D eigenvalue weighted by Crippen LogP contribution is -2.23. The molecule has 6 heteroatoms. The van der Waals surface area contributed by atoms with Gasteiger partial charge in [0.1, 0.15) is 5.75 Å². The van der Waals surface area contributed by atoms with Gasteiger partial charge in [-0.1, -0.05) is 24.3 Å². The van der Waals surface area contributed by atoms with Crippen molar-refractivity contribution in [3.63, 3.8) is 0 Å². The lowest BCUT2D eigenvalue weighted by atomic mass is 10.1. The van der Waals surface area contributed by atoms with E-state index in [0.717, 1.165) is 24.2 Å². The summed E-state index contributed by atoms with van der Waals surface area (Å²) in [7, 11) is 0. The molecular weight excluding hydrogens is 342 g/mol. The first-order valence-corrected chi connectivity index (χ1v) is 9.16. The zero-order valence-corrected chi connectivity index (χ0v) is 15.5. The number of nitrogens with one attached hydrogen (secondary N) is 1. The van der Waals surface area contributed by atoms with E-state index >= 15 is 0 Å². The summed E-state index contributed by atoms with van der Waals surface area (Å²) >= 11 is 0. The second-order valence-corrected chi connectivity index (χ2v) is 6.74. The van der Waals surface area contributed by atoms with Crippen LogP contribution in [0.2, 0.25) is 0 Å². The standard InChI is InChI=1S/C21H25N3O3/c1-15(17-6-8-18(9-7-17)24-12-2-3-21(24)26)23-13-16-4-10-19(11-5-16)27-14-20(22)25/h4-11,15,23H,2-3,12-14H2,1H3,(H2,22,25). The van der Waals surface area contributed by atoms with Crippen molar-refractivity contribution in [2.24, 2.45) is 5.73 Å². The molecule has 3 rings (SSSR count).